The molecule has 120 valence electrons. The van der Waals surface area contributed by atoms with E-state index in [1.165, 1.54) is 5.56 Å². The van der Waals surface area contributed by atoms with E-state index in [9.17, 15) is 9.46 Å². The summed E-state index contributed by atoms with van der Waals surface area (Å²) in [5.41, 5.74) is 3.65. The Hall–Kier alpha value is -2.06. The minimum atomic E-state index is -3.90. The van der Waals surface area contributed by atoms with Gasteiger partial charge in [0, 0.05) is 11.1 Å². The van der Waals surface area contributed by atoms with Crippen LogP contribution in [0.2, 0.25) is 5.02 Å². The molecule has 1 atom stereocenters. The standard InChI is InChI=1S/C19H14ClO3P/c20-17-12-14(10-13-6-2-1-3-7-13)11-16-15-8-4-5-9-18(15)24(21,22)23-19(16)17/h1-9,11-12H,10H2,(H,21,22). The van der Waals surface area contributed by atoms with Crippen molar-refractivity contribution >= 4 is 24.5 Å². The molecule has 1 unspecified atom stereocenters. The van der Waals surface area contributed by atoms with E-state index in [1.54, 1.807) is 18.2 Å². The van der Waals surface area contributed by atoms with Gasteiger partial charge >= 0.3 is 7.60 Å². The van der Waals surface area contributed by atoms with E-state index in [-0.39, 0.29) is 5.75 Å². The van der Waals surface area contributed by atoms with Gasteiger partial charge in [-0.25, -0.2) is 4.57 Å². The average Bonchev–Trinajstić information content (AvgIpc) is 2.57. The summed E-state index contributed by atoms with van der Waals surface area (Å²) in [5.74, 6) is 0.276. The molecule has 0 aliphatic carbocycles. The second kappa shape index (κ2) is 5.78. The smallest absolute Gasteiger partial charge is 0.408 e. The van der Waals surface area contributed by atoms with Crippen LogP contribution >= 0.6 is 19.2 Å². The van der Waals surface area contributed by atoms with Crippen LogP contribution in [-0.2, 0) is 11.0 Å². The van der Waals surface area contributed by atoms with Crippen molar-refractivity contribution in [1.29, 1.82) is 0 Å². The summed E-state index contributed by atoms with van der Waals surface area (Å²) in [4.78, 5) is 10.2. The highest BCUT2D eigenvalue weighted by atomic mass is 35.5. The normalized spacial score (nSPS) is 18.4. The molecule has 0 spiro atoms. The van der Waals surface area contributed by atoms with Crippen LogP contribution in [0.1, 0.15) is 11.1 Å². The van der Waals surface area contributed by atoms with Crippen molar-refractivity contribution in [1.82, 2.24) is 0 Å². The molecule has 3 aromatic rings. The highest BCUT2D eigenvalue weighted by molar-refractivity contribution is 7.62. The van der Waals surface area contributed by atoms with Crippen molar-refractivity contribution in [3.8, 4) is 16.9 Å². The fraction of sp³-hybridized carbons (Fsp3) is 0.0526. The molecule has 4 rings (SSSR count). The first-order valence-corrected chi connectivity index (χ1v) is 9.49. The Morgan fingerprint density at radius 3 is 2.42 bits per heavy atom. The molecular weight excluding hydrogens is 343 g/mol. The maximum absolute atomic E-state index is 12.4. The summed E-state index contributed by atoms with van der Waals surface area (Å²) in [6.45, 7) is 0. The van der Waals surface area contributed by atoms with Gasteiger partial charge in [0.1, 0.15) is 0 Å². The summed E-state index contributed by atoms with van der Waals surface area (Å²) in [6, 6.07) is 20.9. The molecule has 1 aliphatic heterocycles. The zero-order chi connectivity index (χ0) is 16.7. The zero-order valence-corrected chi connectivity index (χ0v) is 14.3. The monoisotopic (exact) mass is 356 g/mol. The first-order valence-electron chi connectivity index (χ1n) is 7.53. The van der Waals surface area contributed by atoms with Gasteiger partial charge in [0.25, 0.3) is 0 Å². The molecule has 3 aromatic carbocycles. The predicted molar refractivity (Wildman–Crippen MR) is 96.2 cm³/mol. The first-order chi connectivity index (χ1) is 11.5. The molecule has 0 fully saturated rings. The first kappa shape index (κ1) is 15.5. The minimum absolute atomic E-state index is 0.276. The van der Waals surface area contributed by atoms with Gasteiger partial charge in [0.05, 0.1) is 10.3 Å². The van der Waals surface area contributed by atoms with Crippen LogP contribution in [-0.4, -0.2) is 4.89 Å². The third-order valence-electron chi connectivity index (χ3n) is 4.07. The Morgan fingerprint density at radius 2 is 1.62 bits per heavy atom. The second-order valence-corrected chi connectivity index (χ2v) is 7.86. The van der Waals surface area contributed by atoms with E-state index in [1.807, 2.05) is 36.4 Å². The molecule has 0 saturated heterocycles. The van der Waals surface area contributed by atoms with Crippen molar-refractivity contribution in [2.45, 2.75) is 6.42 Å². The molecular formula is C19H14ClO3P. The molecule has 0 saturated carbocycles. The molecule has 24 heavy (non-hydrogen) atoms. The lowest BCUT2D eigenvalue weighted by Gasteiger charge is -2.25. The Bertz CT molecular complexity index is 970. The van der Waals surface area contributed by atoms with Crippen LogP contribution in [0.5, 0.6) is 5.75 Å². The molecule has 0 aromatic heterocycles. The van der Waals surface area contributed by atoms with E-state index in [2.05, 4.69) is 12.1 Å². The van der Waals surface area contributed by atoms with Crippen LogP contribution in [0.25, 0.3) is 11.1 Å². The van der Waals surface area contributed by atoms with Crippen LogP contribution in [0.15, 0.2) is 66.7 Å². The molecule has 1 aliphatic rings. The van der Waals surface area contributed by atoms with Gasteiger partial charge in [-0.2, -0.15) is 0 Å². The van der Waals surface area contributed by atoms with Crippen LogP contribution in [0.3, 0.4) is 0 Å². The molecule has 0 bridgehead atoms. The van der Waals surface area contributed by atoms with E-state index in [0.717, 1.165) is 17.5 Å². The van der Waals surface area contributed by atoms with Gasteiger partial charge in [-0.3, -0.25) is 0 Å². The van der Waals surface area contributed by atoms with E-state index in [4.69, 9.17) is 16.1 Å². The molecule has 1 heterocycles. The lowest BCUT2D eigenvalue weighted by Crippen LogP contribution is -2.17. The maximum atomic E-state index is 12.4. The van der Waals surface area contributed by atoms with Crippen molar-refractivity contribution < 1.29 is 14.0 Å². The summed E-state index contributed by atoms with van der Waals surface area (Å²) in [5, 5.41) is 0.660. The number of rotatable bonds is 2. The van der Waals surface area contributed by atoms with Gasteiger partial charge in [0.2, 0.25) is 0 Å². The van der Waals surface area contributed by atoms with Crippen molar-refractivity contribution in [2.75, 3.05) is 0 Å². The third kappa shape index (κ3) is 2.65. The summed E-state index contributed by atoms with van der Waals surface area (Å²) >= 11 is 6.35. The lowest BCUT2D eigenvalue weighted by molar-refractivity contribution is 0.392. The third-order valence-corrected chi connectivity index (χ3v) is 5.78. The van der Waals surface area contributed by atoms with Gasteiger partial charge in [-0.1, -0.05) is 60.1 Å². The highest BCUT2D eigenvalue weighted by Crippen LogP contribution is 2.54. The van der Waals surface area contributed by atoms with Gasteiger partial charge in [0.15, 0.2) is 5.75 Å². The van der Waals surface area contributed by atoms with E-state index >= 15 is 0 Å². The Balaban J connectivity index is 1.86. The summed E-state index contributed by atoms with van der Waals surface area (Å²) in [6.07, 6.45) is 0.729. The highest BCUT2D eigenvalue weighted by Gasteiger charge is 2.35. The van der Waals surface area contributed by atoms with Gasteiger partial charge in [-0.15, -0.1) is 0 Å². The van der Waals surface area contributed by atoms with E-state index in [0.29, 0.717) is 15.9 Å². The number of hydrogen-bond donors (Lipinski definition) is 1. The predicted octanol–water partition coefficient (Wildman–Crippen LogP) is 4.80. The van der Waals surface area contributed by atoms with Gasteiger partial charge < -0.3 is 9.42 Å². The Morgan fingerprint density at radius 1 is 0.917 bits per heavy atom. The lowest BCUT2D eigenvalue weighted by atomic mass is 9.98. The summed E-state index contributed by atoms with van der Waals surface area (Å²) < 4.78 is 17.8. The quantitative estimate of drug-likeness (QED) is 0.671. The zero-order valence-electron chi connectivity index (χ0n) is 12.6. The number of benzene rings is 3. The van der Waals surface area contributed by atoms with Crippen molar-refractivity contribution in [3.63, 3.8) is 0 Å². The Kier molecular flexibility index (Phi) is 3.73. The van der Waals surface area contributed by atoms with Crippen LogP contribution < -0.4 is 9.83 Å². The van der Waals surface area contributed by atoms with Crippen LogP contribution in [0.4, 0.5) is 0 Å². The van der Waals surface area contributed by atoms with Crippen LogP contribution in [0, 0.1) is 0 Å². The van der Waals surface area contributed by atoms with Gasteiger partial charge in [-0.05, 0) is 35.7 Å². The average molecular weight is 357 g/mol. The second-order valence-electron chi connectivity index (χ2n) is 5.75. The fourth-order valence-corrected chi connectivity index (χ4v) is 4.65. The SMILES string of the molecule is O=P1(O)Oc2c(Cl)cc(Cc3ccccc3)cc2-c2ccccc21. The fourth-order valence-electron chi connectivity index (χ4n) is 3.00. The Labute approximate surface area is 145 Å². The molecule has 0 amide bonds. The number of halogens is 1. The summed E-state index contributed by atoms with van der Waals surface area (Å²) in [7, 11) is -3.90. The molecule has 0 radical (unpaired) electrons. The topological polar surface area (TPSA) is 46.5 Å². The largest absolute Gasteiger partial charge is 0.419 e. The minimum Gasteiger partial charge on any atom is -0.419 e. The molecule has 5 heteroatoms. The van der Waals surface area contributed by atoms with Crippen molar-refractivity contribution in [2.24, 2.45) is 0 Å². The number of fused-ring (bicyclic) bond motifs is 3. The maximum Gasteiger partial charge on any atom is 0.408 e. The number of hydrogen-bond acceptors (Lipinski definition) is 2. The molecule has 3 nitrogen and oxygen atoms in total. The molecule has 1 N–H and O–H groups in total. The van der Waals surface area contributed by atoms with Crippen molar-refractivity contribution in [3.05, 3.63) is 82.9 Å². The van der Waals surface area contributed by atoms with E-state index < -0.39 is 7.60 Å².